The molecule has 0 amide bonds. The standard InChI is InChI=1S/C8H13N/c1-3-5-8(2)6-4-7-9-8/h1,9H,4-7H2,2H3. The fourth-order valence-corrected chi connectivity index (χ4v) is 1.33. The lowest BCUT2D eigenvalue weighted by molar-refractivity contribution is 0.426. The zero-order valence-corrected chi connectivity index (χ0v) is 5.91. The summed E-state index contributed by atoms with van der Waals surface area (Å²) in [5.41, 5.74) is 0.259. The Morgan fingerprint density at radius 3 is 3.00 bits per heavy atom. The van der Waals surface area contributed by atoms with Crippen LogP contribution in [0.1, 0.15) is 26.2 Å². The molecule has 0 aliphatic carbocycles. The van der Waals surface area contributed by atoms with Crippen molar-refractivity contribution >= 4 is 0 Å². The quantitative estimate of drug-likeness (QED) is 0.516. The van der Waals surface area contributed by atoms with Gasteiger partial charge in [0.1, 0.15) is 0 Å². The maximum absolute atomic E-state index is 5.20. The average molecular weight is 123 g/mol. The number of hydrogen-bond donors (Lipinski definition) is 1. The van der Waals surface area contributed by atoms with Gasteiger partial charge in [0.2, 0.25) is 0 Å². The summed E-state index contributed by atoms with van der Waals surface area (Å²) in [6, 6.07) is 0. The highest BCUT2D eigenvalue weighted by Gasteiger charge is 2.26. The van der Waals surface area contributed by atoms with Gasteiger partial charge in [-0.1, -0.05) is 0 Å². The van der Waals surface area contributed by atoms with Crippen LogP contribution in [-0.2, 0) is 0 Å². The van der Waals surface area contributed by atoms with Crippen molar-refractivity contribution in [1.82, 2.24) is 5.32 Å². The van der Waals surface area contributed by atoms with E-state index in [1.807, 2.05) is 0 Å². The van der Waals surface area contributed by atoms with Gasteiger partial charge < -0.3 is 5.32 Å². The Hall–Kier alpha value is -0.480. The lowest BCUT2D eigenvalue weighted by Gasteiger charge is -2.20. The Kier molecular flexibility index (Phi) is 1.78. The Balaban J connectivity index is 2.43. The molecule has 1 rings (SSSR count). The zero-order chi connectivity index (χ0) is 6.74. The van der Waals surface area contributed by atoms with Gasteiger partial charge in [0.15, 0.2) is 0 Å². The minimum Gasteiger partial charge on any atom is -0.311 e. The summed E-state index contributed by atoms with van der Waals surface area (Å²) in [5, 5.41) is 3.39. The van der Waals surface area contributed by atoms with Crippen LogP contribution in [0.4, 0.5) is 0 Å². The minimum absolute atomic E-state index is 0.259. The Labute approximate surface area is 56.8 Å². The monoisotopic (exact) mass is 123 g/mol. The van der Waals surface area contributed by atoms with Crippen LogP contribution in [-0.4, -0.2) is 12.1 Å². The second kappa shape index (κ2) is 2.41. The van der Waals surface area contributed by atoms with E-state index >= 15 is 0 Å². The van der Waals surface area contributed by atoms with E-state index < -0.39 is 0 Å². The highest BCUT2D eigenvalue weighted by atomic mass is 15.0. The van der Waals surface area contributed by atoms with Crippen molar-refractivity contribution in [3.8, 4) is 12.3 Å². The molecule has 0 spiro atoms. The summed E-state index contributed by atoms with van der Waals surface area (Å²) in [6.07, 6.45) is 8.58. The van der Waals surface area contributed by atoms with Gasteiger partial charge in [0, 0.05) is 12.0 Å². The molecule has 1 saturated heterocycles. The molecule has 1 heteroatoms. The molecule has 0 aromatic carbocycles. The Bertz CT molecular complexity index is 126. The number of nitrogens with one attached hydrogen (secondary N) is 1. The van der Waals surface area contributed by atoms with E-state index in [4.69, 9.17) is 6.42 Å². The predicted molar refractivity (Wildman–Crippen MR) is 39.1 cm³/mol. The van der Waals surface area contributed by atoms with E-state index in [1.165, 1.54) is 12.8 Å². The topological polar surface area (TPSA) is 12.0 Å². The van der Waals surface area contributed by atoms with E-state index in [0.29, 0.717) is 0 Å². The molecule has 0 saturated carbocycles. The first-order chi connectivity index (χ1) is 4.27. The number of rotatable bonds is 1. The van der Waals surface area contributed by atoms with Gasteiger partial charge in [-0.15, -0.1) is 12.3 Å². The van der Waals surface area contributed by atoms with Crippen molar-refractivity contribution < 1.29 is 0 Å². The summed E-state index contributed by atoms with van der Waals surface area (Å²) in [7, 11) is 0. The maximum Gasteiger partial charge on any atom is 0.0266 e. The van der Waals surface area contributed by atoms with Crippen LogP contribution < -0.4 is 5.32 Å². The first-order valence-corrected chi connectivity index (χ1v) is 3.45. The number of terminal acetylenes is 1. The molecular formula is C8H13N. The van der Waals surface area contributed by atoms with Crippen molar-refractivity contribution in [3.63, 3.8) is 0 Å². The van der Waals surface area contributed by atoms with Crippen molar-refractivity contribution in [2.24, 2.45) is 0 Å². The highest BCUT2D eigenvalue weighted by molar-refractivity contribution is 4.99. The minimum atomic E-state index is 0.259. The smallest absolute Gasteiger partial charge is 0.0266 e. The molecule has 1 heterocycles. The lowest BCUT2D eigenvalue weighted by Crippen LogP contribution is -2.35. The van der Waals surface area contributed by atoms with Crippen molar-refractivity contribution in [3.05, 3.63) is 0 Å². The molecule has 0 radical (unpaired) electrons. The van der Waals surface area contributed by atoms with Crippen LogP contribution in [0.5, 0.6) is 0 Å². The second-order valence-corrected chi connectivity index (χ2v) is 2.97. The third-order valence-electron chi connectivity index (χ3n) is 1.95. The SMILES string of the molecule is C#CCC1(C)CCCN1. The molecule has 0 aromatic heterocycles. The van der Waals surface area contributed by atoms with Gasteiger partial charge in [-0.25, -0.2) is 0 Å². The third kappa shape index (κ3) is 1.46. The largest absolute Gasteiger partial charge is 0.311 e. The van der Waals surface area contributed by atoms with Gasteiger partial charge >= 0.3 is 0 Å². The fraction of sp³-hybridized carbons (Fsp3) is 0.750. The first kappa shape index (κ1) is 6.64. The average Bonchev–Trinajstić information content (AvgIpc) is 2.16. The molecule has 0 aromatic rings. The summed E-state index contributed by atoms with van der Waals surface area (Å²) in [4.78, 5) is 0. The third-order valence-corrected chi connectivity index (χ3v) is 1.95. The van der Waals surface area contributed by atoms with Crippen molar-refractivity contribution in [2.45, 2.75) is 31.7 Å². The number of hydrogen-bond acceptors (Lipinski definition) is 1. The molecule has 1 aliphatic rings. The zero-order valence-electron chi connectivity index (χ0n) is 5.91. The summed E-state index contributed by atoms with van der Waals surface area (Å²) >= 11 is 0. The molecule has 1 unspecified atom stereocenters. The van der Waals surface area contributed by atoms with Crippen LogP contribution >= 0.6 is 0 Å². The van der Waals surface area contributed by atoms with Crippen LogP contribution in [0.25, 0.3) is 0 Å². The van der Waals surface area contributed by atoms with Crippen molar-refractivity contribution in [1.29, 1.82) is 0 Å². The van der Waals surface area contributed by atoms with Gasteiger partial charge in [0.05, 0.1) is 0 Å². The maximum atomic E-state index is 5.20. The molecule has 1 N–H and O–H groups in total. The second-order valence-electron chi connectivity index (χ2n) is 2.97. The molecule has 9 heavy (non-hydrogen) atoms. The van der Waals surface area contributed by atoms with E-state index in [2.05, 4.69) is 18.2 Å². The Morgan fingerprint density at radius 1 is 1.78 bits per heavy atom. The van der Waals surface area contributed by atoms with Gasteiger partial charge in [-0.2, -0.15) is 0 Å². The van der Waals surface area contributed by atoms with Crippen LogP contribution in [0, 0.1) is 12.3 Å². The van der Waals surface area contributed by atoms with Gasteiger partial charge in [0.25, 0.3) is 0 Å². The molecule has 0 bridgehead atoms. The van der Waals surface area contributed by atoms with Crippen LogP contribution in [0.2, 0.25) is 0 Å². The first-order valence-electron chi connectivity index (χ1n) is 3.45. The molecule has 1 fully saturated rings. The van der Waals surface area contributed by atoms with Gasteiger partial charge in [-0.3, -0.25) is 0 Å². The summed E-state index contributed by atoms with van der Waals surface area (Å²) in [6.45, 7) is 3.33. The fourth-order valence-electron chi connectivity index (χ4n) is 1.33. The molecule has 50 valence electrons. The summed E-state index contributed by atoms with van der Waals surface area (Å²) < 4.78 is 0. The van der Waals surface area contributed by atoms with Gasteiger partial charge in [-0.05, 0) is 26.3 Å². The van der Waals surface area contributed by atoms with E-state index in [1.54, 1.807) is 0 Å². The Morgan fingerprint density at radius 2 is 2.56 bits per heavy atom. The van der Waals surface area contributed by atoms with Crippen LogP contribution in [0.3, 0.4) is 0 Å². The van der Waals surface area contributed by atoms with E-state index in [0.717, 1.165) is 13.0 Å². The van der Waals surface area contributed by atoms with E-state index in [9.17, 15) is 0 Å². The molecule has 1 nitrogen and oxygen atoms in total. The summed E-state index contributed by atoms with van der Waals surface area (Å²) in [5.74, 6) is 2.69. The van der Waals surface area contributed by atoms with E-state index in [-0.39, 0.29) is 5.54 Å². The normalized spacial score (nSPS) is 34.2. The van der Waals surface area contributed by atoms with Crippen molar-refractivity contribution in [2.75, 3.05) is 6.54 Å². The molecular weight excluding hydrogens is 110 g/mol. The van der Waals surface area contributed by atoms with Crippen LogP contribution in [0.15, 0.2) is 0 Å². The lowest BCUT2D eigenvalue weighted by atomic mass is 9.97. The molecule has 1 aliphatic heterocycles. The molecule has 1 atom stereocenters. The highest BCUT2D eigenvalue weighted by Crippen LogP contribution is 2.20. The predicted octanol–water partition coefficient (Wildman–Crippen LogP) is 1.15.